The van der Waals surface area contributed by atoms with Gasteiger partial charge in [-0.15, -0.1) is 12.6 Å². The van der Waals surface area contributed by atoms with Crippen LogP contribution in [0.15, 0.2) is 29.3 Å². The first-order chi connectivity index (χ1) is 11.6. The topological polar surface area (TPSA) is 62.6 Å². The molecule has 2 heterocycles. The molecule has 1 aromatic carbocycles. The fourth-order valence-corrected chi connectivity index (χ4v) is 2.96. The number of carbonyl (C=O) groups excluding carboxylic acids is 1. The predicted molar refractivity (Wildman–Crippen MR) is 90.7 cm³/mol. The highest BCUT2D eigenvalue weighted by atomic mass is 32.1. The van der Waals surface area contributed by atoms with Crippen LogP contribution in [0.2, 0.25) is 0 Å². The first-order valence-corrected chi connectivity index (χ1v) is 8.28. The van der Waals surface area contributed by atoms with Gasteiger partial charge in [-0.1, -0.05) is 6.07 Å². The summed E-state index contributed by atoms with van der Waals surface area (Å²) in [6.07, 6.45) is 0.902. The number of fused-ring (bicyclic) bond motifs is 1. The Balaban J connectivity index is 1.84. The van der Waals surface area contributed by atoms with Crippen molar-refractivity contribution in [1.29, 1.82) is 0 Å². The van der Waals surface area contributed by atoms with Gasteiger partial charge in [0.15, 0.2) is 11.5 Å². The Morgan fingerprint density at radius 2 is 2.17 bits per heavy atom. The standard InChI is InChI=1S/C17H20N2O4S/c1-3-21-17(20)8-12(6-13-9-16(24)19(2)18-13)11-4-5-14-15(7-11)23-10-22-14/h4-5,7,9,12,24H,3,6,8,10H2,1-2H3. The average Bonchev–Trinajstić information content (AvgIpc) is 3.13. The van der Waals surface area contributed by atoms with Gasteiger partial charge in [-0.2, -0.15) is 5.10 Å². The van der Waals surface area contributed by atoms with Crippen molar-refractivity contribution in [2.75, 3.05) is 13.4 Å². The summed E-state index contributed by atoms with van der Waals surface area (Å²) in [6, 6.07) is 7.67. The van der Waals surface area contributed by atoms with Crippen LogP contribution in [-0.2, 0) is 23.0 Å². The van der Waals surface area contributed by atoms with Crippen LogP contribution in [0.5, 0.6) is 11.5 Å². The number of hydrogen-bond acceptors (Lipinski definition) is 6. The molecule has 1 aliphatic heterocycles. The number of esters is 1. The smallest absolute Gasteiger partial charge is 0.306 e. The summed E-state index contributed by atoms with van der Waals surface area (Å²) in [6.45, 7) is 2.40. The van der Waals surface area contributed by atoms with E-state index in [0.717, 1.165) is 22.0 Å². The molecule has 0 aliphatic carbocycles. The maximum absolute atomic E-state index is 12.0. The lowest BCUT2D eigenvalue weighted by molar-refractivity contribution is -0.143. The Morgan fingerprint density at radius 1 is 1.38 bits per heavy atom. The third-order valence-electron chi connectivity index (χ3n) is 3.95. The van der Waals surface area contributed by atoms with E-state index in [-0.39, 0.29) is 25.1 Å². The van der Waals surface area contributed by atoms with E-state index in [2.05, 4.69) is 17.7 Å². The monoisotopic (exact) mass is 348 g/mol. The molecule has 0 bridgehead atoms. The van der Waals surface area contributed by atoms with Crippen molar-refractivity contribution < 1.29 is 19.0 Å². The van der Waals surface area contributed by atoms with E-state index in [1.54, 1.807) is 11.6 Å². The zero-order chi connectivity index (χ0) is 17.1. The summed E-state index contributed by atoms with van der Waals surface area (Å²) in [5.74, 6) is 1.16. The van der Waals surface area contributed by atoms with Gasteiger partial charge in [0.25, 0.3) is 0 Å². The molecular weight excluding hydrogens is 328 g/mol. The lowest BCUT2D eigenvalue weighted by atomic mass is 9.91. The van der Waals surface area contributed by atoms with E-state index < -0.39 is 0 Å². The van der Waals surface area contributed by atoms with Crippen LogP contribution < -0.4 is 9.47 Å². The summed E-state index contributed by atoms with van der Waals surface area (Å²) in [4.78, 5) is 12.0. The average molecular weight is 348 g/mol. The summed E-state index contributed by atoms with van der Waals surface area (Å²) < 4.78 is 17.6. The molecule has 24 heavy (non-hydrogen) atoms. The van der Waals surface area contributed by atoms with Crippen LogP contribution in [0.3, 0.4) is 0 Å². The lowest BCUT2D eigenvalue weighted by Crippen LogP contribution is -2.13. The predicted octanol–water partition coefficient (Wildman–Crippen LogP) is 2.72. The molecular formula is C17H20N2O4S. The number of hydrogen-bond donors (Lipinski definition) is 1. The Bertz CT molecular complexity index is 725. The minimum absolute atomic E-state index is 0.0545. The molecule has 0 N–H and O–H groups in total. The van der Waals surface area contributed by atoms with Crippen molar-refractivity contribution in [2.24, 2.45) is 7.05 Å². The molecule has 0 radical (unpaired) electrons. The van der Waals surface area contributed by atoms with Crippen LogP contribution in [0, 0.1) is 0 Å². The van der Waals surface area contributed by atoms with Crippen molar-refractivity contribution in [3.8, 4) is 11.5 Å². The number of aryl methyl sites for hydroxylation is 1. The van der Waals surface area contributed by atoms with E-state index in [0.29, 0.717) is 18.8 Å². The van der Waals surface area contributed by atoms with Crippen LogP contribution in [0.25, 0.3) is 0 Å². The molecule has 0 amide bonds. The molecule has 6 nitrogen and oxygen atoms in total. The largest absolute Gasteiger partial charge is 0.466 e. The molecule has 7 heteroatoms. The van der Waals surface area contributed by atoms with E-state index in [4.69, 9.17) is 14.2 Å². The normalized spacial score (nSPS) is 13.8. The fourth-order valence-electron chi connectivity index (χ4n) is 2.76. The summed E-state index contributed by atoms with van der Waals surface area (Å²) in [5, 5.41) is 5.22. The maximum atomic E-state index is 12.0. The van der Waals surface area contributed by atoms with Crippen molar-refractivity contribution in [3.63, 3.8) is 0 Å². The SMILES string of the molecule is CCOC(=O)CC(Cc1cc(S)n(C)n1)c1ccc2c(c1)OCO2. The van der Waals surface area contributed by atoms with Gasteiger partial charge in [-0.05, 0) is 37.1 Å². The van der Waals surface area contributed by atoms with Gasteiger partial charge in [-0.25, -0.2) is 0 Å². The number of rotatable bonds is 6. The zero-order valence-corrected chi connectivity index (χ0v) is 14.6. The van der Waals surface area contributed by atoms with E-state index in [1.165, 1.54) is 0 Å². The molecule has 2 aromatic rings. The molecule has 1 aliphatic rings. The maximum Gasteiger partial charge on any atom is 0.306 e. The van der Waals surface area contributed by atoms with Gasteiger partial charge in [0.1, 0.15) is 0 Å². The number of thiol groups is 1. The van der Waals surface area contributed by atoms with Crippen molar-refractivity contribution in [3.05, 3.63) is 35.5 Å². The first kappa shape index (κ1) is 16.7. The molecule has 1 aromatic heterocycles. The Kier molecular flexibility index (Phi) is 4.99. The molecule has 0 fully saturated rings. The van der Waals surface area contributed by atoms with Crippen LogP contribution in [-0.4, -0.2) is 29.1 Å². The van der Waals surface area contributed by atoms with Gasteiger partial charge < -0.3 is 14.2 Å². The summed E-state index contributed by atoms with van der Waals surface area (Å²) in [7, 11) is 1.84. The highest BCUT2D eigenvalue weighted by Gasteiger charge is 2.22. The van der Waals surface area contributed by atoms with E-state index in [1.807, 2.05) is 31.3 Å². The van der Waals surface area contributed by atoms with E-state index in [9.17, 15) is 4.79 Å². The number of benzene rings is 1. The third kappa shape index (κ3) is 3.67. The van der Waals surface area contributed by atoms with Crippen LogP contribution >= 0.6 is 12.6 Å². The van der Waals surface area contributed by atoms with Crippen molar-refractivity contribution >= 4 is 18.6 Å². The minimum atomic E-state index is -0.220. The summed E-state index contributed by atoms with van der Waals surface area (Å²) >= 11 is 4.36. The van der Waals surface area contributed by atoms with Crippen molar-refractivity contribution in [2.45, 2.75) is 30.7 Å². The Hall–Kier alpha value is -2.15. The molecule has 3 rings (SSSR count). The minimum Gasteiger partial charge on any atom is -0.466 e. The van der Waals surface area contributed by atoms with E-state index >= 15 is 0 Å². The second-order valence-corrected chi connectivity index (χ2v) is 6.10. The molecule has 1 atom stereocenters. The number of nitrogens with zero attached hydrogens (tertiary/aromatic N) is 2. The molecule has 0 saturated heterocycles. The second-order valence-electron chi connectivity index (χ2n) is 5.64. The number of ether oxygens (including phenoxy) is 3. The lowest BCUT2D eigenvalue weighted by Gasteiger charge is -2.16. The zero-order valence-electron chi connectivity index (χ0n) is 13.7. The molecule has 0 saturated carbocycles. The first-order valence-electron chi connectivity index (χ1n) is 7.84. The van der Waals surface area contributed by atoms with Gasteiger partial charge in [-0.3, -0.25) is 9.48 Å². The van der Waals surface area contributed by atoms with Gasteiger partial charge in [0.2, 0.25) is 6.79 Å². The van der Waals surface area contributed by atoms with Gasteiger partial charge in [0, 0.05) is 13.0 Å². The highest BCUT2D eigenvalue weighted by molar-refractivity contribution is 7.80. The van der Waals surface area contributed by atoms with Crippen LogP contribution in [0.4, 0.5) is 0 Å². The fraction of sp³-hybridized carbons (Fsp3) is 0.412. The van der Waals surface area contributed by atoms with Crippen LogP contribution in [0.1, 0.15) is 30.5 Å². The molecule has 0 spiro atoms. The summed E-state index contributed by atoms with van der Waals surface area (Å²) in [5.41, 5.74) is 1.88. The number of carbonyl (C=O) groups is 1. The Morgan fingerprint density at radius 3 is 2.88 bits per heavy atom. The highest BCUT2D eigenvalue weighted by Crippen LogP contribution is 2.36. The quantitative estimate of drug-likeness (QED) is 0.642. The molecule has 128 valence electrons. The Labute approximate surface area is 146 Å². The van der Waals surface area contributed by atoms with Gasteiger partial charge in [0.05, 0.1) is 23.7 Å². The third-order valence-corrected chi connectivity index (χ3v) is 4.37. The van der Waals surface area contributed by atoms with Crippen molar-refractivity contribution in [1.82, 2.24) is 9.78 Å². The number of aromatic nitrogens is 2. The molecule has 1 unspecified atom stereocenters. The van der Waals surface area contributed by atoms with Gasteiger partial charge >= 0.3 is 5.97 Å². The second kappa shape index (κ2) is 7.17.